The Morgan fingerprint density at radius 1 is 1.40 bits per heavy atom. The van der Waals surface area contributed by atoms with Crippen molar-refractivity contribution in [2.24, 2.45) is 0 Å². The summed E-state index contributed by atoms with van der Waals surface area (Å²) in [6, 6.07) is 4.15. The third kappa shape index (κ3) is 2.66. The van der Waals surface area contributed by atoms with E-state index in [4.69, 9.17) is 0 Å². The number of hydrogen-bond acceptors (Lipinski definition) is 4. The standard InChI is InChI=1S/C18H22N4O2S/c1-3-15-19-21(11-16(23)20-8-5-4-6-12(20)2)17(24)14-10-13-7-9-25-18(13)22(14)15/h7,9-10,12H,3-6,8,11H2,1-2H3. The third-order valence-corrected chi connectivity index (χ3v) is 6.00. The highest BCUT2D eigenvalue weighted by molar-refractivity contribution is 7.16. The molecule has 0 spiro atoms. The van der Waals surface area contributed by atoms with Gasteiger partial charge in [0.15, 0.2) is 0 Å². The van der Waals surface area contributed by atoms with Crippen molar-refractivity contribution in [1.82, 2.24) is 19.1 Å². The number of carbonyl (C=O) groups is 1. The van der Waals surface area contributed by atoms with Crippen LogP contribution in [0.4, 0.5) is 0 Å². The molecule has 4 rings (SSSR count). The number of fused-ring (bicyclic) bond motifs is 3. The van der Waals surface area contributed by atoms with Crippen molar-refractivity contribution in [3.05, 3.63) is 33.7 Å². The van der Waals surface area contributed by atoms with Gasteiger partial charge in [-0.15, -0.1) is 11.3 Å². The van der Waals surface area contributed by atoms with Crippen LogP contribution in [-0.2, 0) is 17.8 Å². The molecule has 3 aromatic rings. The first kappa shape index (κ1) is 16.3. The number of amides is 1. The fraction of sp³-hybridized carbons (Fsp3) is 0.500. The molecule has 1 saturated heterocycles. The molecule has 6 nitrogen and oxygen atoms in total. The molecule has 0 N–H and O–H groups in total. The van der Waals surface area contributed by atoms with Crippen molar-refractivity contribution in [1.29, 1.82) is 0 Å². The number of aryl methyl sites for hydroxylation is 1. The minimum absolute atomic E-state index is 0.0124. The Hall–Kier alpha value is -2.15. The van der Waals surface area contributed by atoms with Crippen molar-refractivity contribution < 1.29 is 4.79 Å². The van der Waals surface area contributed by atoms with Gasteiger partial charge in [-0.05, 0) is 43.7 Å². The lowest BCUT2D eigenvalue weighted by Gasteiger charge is -2.33. The first-order chi connectivity index (χ1) is 12.1. The Bertz CT molecular complexity index is 1000. The summed E-state index contributed by atoms with van der Waals surface area (Å²) in [6.07, 6.45) is 3.93. The molecule has 3 aromatic heterocycles. The van der Waals surface area contributed by atoms with Crippen LogP contribution in [0.2, 0.25) is 0 Å². The summed E-state index contributed by atoms with van der Waals surface area (Å²) < 4.78 is 3.29. The van der Waals surface area contributed by atoms with Gasteiger partial charge in [-0.2, -0.15) is 5.10 Å². The van der Waals surface area contributed by atoms with E-state index in [0.717, 1.165) is 41.8 Å². The fourth-order valence-corrected chi connectivity index (χ4v) is 4.64. The van der Waals surface area contributed by atoms with Gasteiger partial charge in [0.05, 0.1) is 0 Å². The molecule has 0 saturated carbocycles. The smallest absolute Gasteiger partial charge is 0.291 e. The summed E-state index contributed by atoms with van der Waals surface area (Å²) in [6.45, 7) is 4.89. The first-order valence-corrected chi connectivity index (χ1v) is 9.76. The number of carbonyl (C=O) groups excluding carboxylic acids is 1. The molecule has 1 aliphatic heterocycles. The lowest BCUT2D eigenvalue weighted by atomic mass is 10.0. The van der Waals surface area contributed by atoms with E-state index in [1.807, 2.05) is 33.7 Å². The molecule has 1 aliphatic rings. The molecule has 0 aliphatic carbocycles. The maximum Gasteiger partial charge on any atom is 0.291 e. The topological polar surface area (TPSA) is 59.6 Å². The molecule has 132 valence electrons. The highest BCUT2D eigenvalue weighted by atomic mass is 32.1. The van der Waals surface area contributed by atoms with E-state index in [0.29, 0.717) is 11.9 Å². The van der Waals surface area contributed by atoms with Crippen molar-refractivity contribution in [3.8, 4) is 0 Å². The molecular formula is C18H22N4O2S. The second-order valence-electron chi connectivity index (χ2n) is 6.71. The third-order valence-electron chi connectivity index (χ3n) is 5.08. The normalized spacial score (nSPS) is 18.3. The van der Waals surface area contributed by atoms with E-state index in [1.165, 1.54) is 4.68 Å². The van der Waals surface area contributed by atoms with Crippen LogP contribution in [0.25, 0.3) is 15.7 Å². The Kier molecular flexibility index (Phi) is 4.11. The maximum absolute atomic E-state index is 12.9. The summed E-state index contributed by atoms with van der Waals surface area (Å²) in [5.41, 5.74) is 0.409. The quantitative estimate of drug-likeness (QED) is 0.723. The van der Waals surface area contributed by atoms with Gasteiger partial charge in [0.25, 0.3) is 5.56 Å². The number of likely N-dealkylation sites (tertiary alicyclic amines) is 1. The van der Waals surface area contributed by atoms with Crippen molar-refractivity contribution in [3.63, 3.8) is 0 Å². The first-order valence-electron chi connectivity index (χ1n) is 8.88. The molecule has 1 fully saturated rings. The van der Waals surface area contributed by atoms with Crippen LogP contribution in [0, 0.1) is 0 Å². The van der Waals surface area contributed by atoms with Crippen LogP contribution >= 0.6 is 11.3 Å². The molecule has 7 heteroatoms. The van der Waals surface area contributed by atoms with Gasteiger partial charge in [-0.25, -0.2) is 4.68 Å². The summed E-state index contributed by atoms with van der Waals surface area (Å²) in [5.74, 6) is 0.799. The molecular weight excluding hydrogens is 336 g/mol. The van der Waals surface area contributed by atoms with Gasteiger partial charge in [0.1, 0.15) is 22.7 Å². The van der Waals surface area contributed by atoms with Gasteiger partial charge < -0.3 is 4.90 Å². The highest BCUT2D eigenvalue weighted by Gasteiger charge is 2.24. The minimum atomic E-state index is -0.196. The summed E-state index contributed by atoms with van der Waals surface area (Å²) in [7, 11) is 0. The summed E-state index contributed by atoms with van der Waals surface area (Å²) in [5, 5.41) is 7.57. The van der Waals surface area contributed by atoms with Gasteiger partial charge in [0.2, 0.25) is 5.91 Å². The predicted octanol–water partition coefficient (Wildman–Crippen LogP) is 2.67. The lowest BCUT2D eigenvalue weighted by Crippen LogP contribution is -2.45. The molecule has 0 aromatic carbocycles. The van der Waals surface area contributed by atoms with Crippen LogP contribution in [0.3, 0.4) is 0 Å². The van der Waals surface area contributed by atoms with Crippen LogP contribution in [0.5, 0.6) is 0 Å². The number of hydrogen-bond donors (Lipinski definition) is 0. The average molecular weight is 358 g/mol. The number of aromatic nitrogens is 3. The van der Waals surface area contributed by atoms with Crippen molar-refractivity contribution >= 4 is 33.0 Å². The maximum atomic E-state index is 12.9. The van der Waals surface area contributed by atoms with E-state index >= 15 is 0 Å². The van der Waals surface area contributed by atoms with E-state index in [2.05, 4.69) is 12.0 Å². The average Bonchev–Trinajstić information content (AvgIpc) is 3.19. The molecule has 0 radical (unpaired) electrons. The lowest BCUT2D eigenvalue weighted by molar-refractivity contribution is -0.135. The Balaban J connectivity index is 1.76. The van der Waals surface area contributed by atoms with Gasteiger partial charge >= 0.3 is 0 Å². The van der Waals surface area contributed by atoms with Crippen molar-refractivity contribution in [2.75, 3.05) is 6.54 Å². The van der Waals surface area contributed by atoms with Crippen LogP contribution < -0.4 is 5.56 Å². The predicted molar refractivity (Wildman–Crippen MR) is 99.2 cm³/mol. The Morgan fingerprint density at radius 2 is 2.24 bits per heavy atom. The second-order valence-corrected chi connectivity index (χ2v) is 7.61. The molecule has 1 atom stereocenters. The zero-order valence-electron chi connectivity index (χ0n) is 14.6. The molecule has 4 heterocycles. The number of nitrogens with zero attached hydrogens (tertiary/aromatic N) is 4. The van der Waals surface area contributed by atoms with Gasteiger partial charge in [-0.1, -0.05) is 6.92 Å². The van der Waals surface area contributed by atoms with Gasteiger partial charge in [-0.3, -0.25) is 14.0 Å². The molecule has 1 unspecified atom stereocenters. The van der Waals surface area contributed by atoms with E-state index in [1.54, 1.807) is 11.3 Å². The van der Waals surface area contributed by atoms with Crippen LogP contribution in [-0.4, -0.2) is 37.6 Å². The largest absolute Gasteiger partial charge is 0.338 e. The number of rotatable bonds is 3. The SMILES string of the molecule is CCc1nn(CC(=O)N2CCCCC2C)c(=O)c2cc3ccsc3n12. The van der Waals surface area contributed by atoms with E-state index in [9.17, 15) is 9.59 Å². The highest BCUT2D eigenvalue weighted by Crippen LogP contribution is 2.25. The molecule has 25 heavy (non-hydrogen) atoms. The van der Waals surface area contributed by atoms with Crippen LogP contribution in [0.15, 0.2) is 22.3 Å². The monoisotopic (exact) mass is 358 g/mol. The zero-order valence-corrected chi connectivity index (χ0v) is 15.4. The zero-order chi connectivity index (χ0) is 17.6. The molecule has 0 bridgehead atoms. The van der Waals surface area contributed by atoms with E-state index < -0.39 is 0 Å². The van der Waals surface area contributed by atoms with E-state index in [-0.39, 0.29) is 24.1 Å². The minimum Gasteiger partial charge on any atom is -0.338 e. The number of piperidine rings is 1. The molecule has 1 amide bonds. The summed E-state index contributed by atoms with van der Waals surface area (Å²) in [4.78, 5) is 28.5. The Labute approximate surface area is 149 Å². The summed E-state index contributed by atoms with van der Waals surface area (Å²) >= 11 is 1.60. The van der Waals surface area contributed by atoms with Crippen molar-refractivity contribution in [2.45, 2.75) is 52.1 Å². The Morgan fingerprint density at radius 3 is 3.00 bits per heavy atom. The van der Waals surface area contributed by atoms with Gasteiger partial charge in [0, 0.05) is 24.4 Å². The van der Waals surface area contributed by atoms with Crippen LogP contribution in [0.1, 0.15) is 38.9 Å². The fourth-order valence-electron chi connectivity index (χ4n) is 3.72. The number of thiophene rings is 1. The second kappa shape index (κ2) is 6.29.